The molecule has 3 rings (SSSR count). The van der Waals surface area contributed by atoms with E-state index in [0.717, 1.165) is 0 Å². The Morgan fingerprint density at radius 1 is 1.35 bits per heavy atom. The summed E-state index contributed by atoms with van der Waals surface area (Å²) in [4.78, 5) is 2.90. The minimum Gasteiger partial charge on any atom is -0.394 e. The summed E-state index contributed by atoms with van der Waals surface area (Å²) in [6.45, 7) is 3.55. The average molecular weight is 316 g/mol. The predicted octanol–water partition coefficient (Wildman–Crippen LogP) is 1.68. The number of aromatic nitrogens is 2. The van der Waals surface area contributed by atoms with Crippen molar-refractivity contribution < 1.29 is 19.3 Å². The summed E-state index contributed by atoms with van der Waals surface area (Å²) in [7, 11) is 0. The van der Waals surface area contributed by atoms with Crippen LogP contribution in [-0.2, 0) is 14.2 Å². The van der Waals surface area contributed by atoms with E-state index >= 15 is 0 Å². The molecule has 2 aliphatic heterocycles. The second-order valence-electron chi connectivity index (χ2n) is 5.33. The molecule has 0 aromatic carbocycles. The van der Waals surface area contributed by atoms with E-state index in [1.807, 2.05) is 13.8 Å². The summed E-state index contributed by atoms with van der Waals surface area (Å²) in [6, 6.07) is 1.73. The number of aliphatic hydroxyl groups is 1. The second kappa shape index (κ2) is 4.97. The van der Waals surface area contributed by atoms with Gasteiger partial charge in [-0.15, -0.1) is 0 Å². The van der Waals surface area contributed by atoms with Gasteiger partial charge in [-0.1, -0.05) is 12.2 Å². The molecule has 1 aromatic rings. The number of ether oxygens (including phenoxy) is 3. The molecule has 0 spiro atoms. The number of fused-ring (bicyclic) bond motifs is 1. The van der Waals surface area contributed by atoms with Gasteiger partial charge >= 0.3 is 0 Å². The molecule has 2 fully saturated rings. The molecule has 0 aliphatic carbocycles. The maximum Gasteiger partial charge on any atom is 0.180 e. The van der Waals surface area contributed by atoms with Gasteiger partial charge in [-0.2, -0.15) is 0 Å². The highest BCUT2D eigenvalue weighted by Crippen LogP contribution is 2.42. The van der Waals surface area contributed by atoms with Crippen LogP contribution in [0.15, 0.2) is 12.3 Å². The number of hydrogen-bond acceptors (Lipinski definition) is 6. The smallest absolute Gasteiger partial charge is 0.180 e. The zero-order valence-corrected chi connectivity index (χ0v) is 12.7. The van der Waals surface area contributed by atoms with Crippen LogP contribution in [0.5, 0.6) is 0 Å². The maximum atomic E-state index is 9.44. The van der Waals surface area contributed by atoms with E-state index in [-0.39, 0.29) is 18.8 Å². The standard InChI is InChI=1S/C12H16N2O4S2/c1-12(2)17-8-6(5-15)16-10(9(8)18-12)14-4-3-7(19)13-11(14)20/h3-4,6,8-10,15H,5H2,1-2H3,(H,13,19,20)/t6-,8-,9-,10-/m1/s1. The lowest BCUT2D eigenvalue weighted by Crippen LogP contribution is -2.31. The topological polar surface area (TPSA) is 68.6 Å². The van der Waals surface area contributed by atoms with Gasteiger partial charge in [0, 0.05) is 6.20 Å². The Labute approximate surface area is 126 Å². The number of rotatable bonds is 2. The number of nitrogens with zero attached hydrogens (tertiary/aromatic N) is 1. The molecule has 6 nitrogen and oxygen atoms in total. The normalized spacial score (nSPS) is 35.1. The van der Waals surface area contributed by atoms with Gasteiger partial charge in [-0.05, 0) is 32.1 Å². The molecule has 0 unspecified atom stereocenters. The van der Waals surface area contributed by atoms with E-state index in [1.165, 1.54) is 0 Å². The van der Waals surface area contributed by atoms with Crippen LogP contribution in [0.2, 0.25) is 0 Å². The highest BCUT2D eigenvalue weighted by atomic mass is 32.1. The van der Waals surface area contributed by atoms with Crippen LogP contribution < -0.4 is 0 Å². The first-order valence-electron chi connectivity index (χ1n) is 6.35. The van der Waals surface area contributed by atoms with E-state index in [2.05, 4.69) is 4.98 Å². The molecule has 2 aliphatic rings. The summed E-state index contributed by atoms with van der Waals surface area (Å²) in [5.74, 6) is -0.700. The fourth-order valence-corrected chi connectivity index (χ4v) is 3.15. The predicted molar refractivity (Wildman–Crippen MR) is 75.3 cm³/mol. The van der Waals surface area contributed by atoms with Gasteiger partial charge in [-0.25, -0.2) is 0 Å². The van der Waals surface area contributed by atoms with Gasteiger partial charge in [0.2, 0.25) is 0 Å². The number of aromatic amines is 1. The molecular formula is C12H16N2O4S2. The minimum atomic E-state index is -0.700. The summed E-state index contributed by atoms with van der Waals surface area (Å²) in [5, 5.41) is 9.44. The quantitative estimate of drug-likeness (QED) is 0.809. The molecule has 2 saturated heterocycles. The van der Waals surface area contributed by atoms with Crippen molar-refractivity contribution in [3.63, 3.8) is 0 Å². The zero-order valence-electron chi connectivity index (χ0n) is 11.1. The first-order valence-corrected chi connectivity index (χ1v) is 7.16. The molecule has 3 heterocycles. The van der Waals surface area contributed by atoms with Gasteiger partial charge in [0.15, 0.2) is 16.8 Å². The van der Waals surface area contributed by atoms with Crippen molar-refractivity contribution in [2.75, 3.05) is 6.61 Å². The number of hydrogen-bond donors (Lipinski definition) is 2. The van der Waals surface area contributed by atoms with Crippen molar-refractivity contribution in [2.24, 2.45) is 0 Å². The number of aliphatic hydroxyl groups excluding tert-OH is 1. The van der Waals surface area contributed by atoms with E-state index in [9.17, 15) is 5.11 Å². The van der Waals surface area contributed by atoms with Crippen LogP contribution in [0.25, 0.3) is 0 Å². The van der Waals surface area contributed by atoms with Gasteiger partial charge < -0.3 is 24.3 Å². The van der Waals surface area contributed by atoms with Crippen LogP contribution in [0.1, 0.15) is 20.1 Å². The van der Waals surface area contributed by atoms with Crippen molar-refractivity contribution in [3.05, 3.63) is 21.7 Å². The van der Waals surface area contributed by atoms with E-state index in [0.29, 0.717) is 9.41 Å². The van der Waals surface area contributed by atoms with Crippen LogP contribution in [-0.4, -0.2) is 45.4 Å². The second-order valence-corrected chi connectivity index (χ2v) is 6.16. The lowest BCUT2D eigenvalue weighted by atomic mass is 10.1. The summed E-state index contributed by atoms with van der Waals surface area (Å²) >= 11 is 10.3. The fraction of sp³-hybridized carbons (Fsp3) is 0.667. The van der Waals surface area contributed by atoms with Crippen LogP contribution in [0, 0.1) is 9.41 Å². The van der Waals surface area contributed by atoms with Crippen molar-refractivity contribution in [3.8, 4) is 0 Å². The third-order valence-corrected chi connectivity index (χ3v) is 3.98. The third-order valence-electron chi connectivity index (χ3n) is 3.43. The first-order chi connectivity index (χ1) is 9.41. The Bertz CT molecular complexity index is 626. The molecule has 0 amide bonds. The minimum absolute atomic E-state index is 0.132. The molecule has 2 N–H and O–H groups in total. The SMILES string of the molecule is CC1(C)O[C@@H]2[C@H](O1)[C@@H](CO)O[C@H]2n1ccc(=S)[nH]c1=S. The monoisotopic (exact) mass is 316 g/mol. The Morgan fingerprint density at radius 2 is 2.05 bits per heavy atom. The summed E-state index contributed by atoms with van der Waals surface area (Å²) in [5.41, 5.74) is 0. The van der Waals surface area contributed by atoms with Gasteiger partial charge in [0.25, 0.3) is 0 Å². The van der Waals surface area contributed by atoms with Crippen molar-refractivity contribution in [1.29, 1.82) is 0 Å². The van der Waals surface area contributed by atoms with Gasteiger partial charge in [0.05, 0.1) is 6.61 Å². The van der Waals surface area contributed by atoms with Crippen molar-refractivity contribution in [2.45, 2.75) is 44.2 Å². The molecule has 1 aromatic heterocycles. The lowest BCUT2D eigenvalue weighted by Gasteiger charge is -2.24. The van der Waals surface area contributed by atoms with Crippen LogP contribution in [0.3, 0.4) is 0 Å². The van der Waals surface area contributed by atoms with E-state index < -0.39 is 18.1 Å². The Hall–Kier alpha value is -0.640. The van der Waals surface area contributed by atoms with Crippen LogP contribution >= 0.6 is 24.4 Å². The van der Waals surface area contributed by atoms with E-state index in [1.54, 1.807) is 16.8 Å². The molecule has 0 bridgehead atoms. The maximum absolute atomic E-state index is 9.44. The molecule has 110 valence electrons. The molecule has 0 radical (unpaired) electrons. The van der Waals surface area contributed by atoms with Gasteiger partial charge in [0.1, 0.15) is 23.0 Å². The average Bonchev–Trinajstić information content (AvgIpc) is 2.83. The summed E-state index contributed by atoms with van der Waals surface area (Å²) < 4.78 is 20.3. The molecule has 8 heteroatoms. The lowest BCUT2D eigenvalue weighted by molar-refractivity contribution is -0.200. The molecule has 20 heavy (non-hydrogen) atoms. The Morgan fingerprint density at radius 3 is 2.70 bits per heavy atom. The first kappa shape index (κ1) is 14.3. The number of nitrogens with one attached hydrogen (secondary N) is 1. The Kier molecular flexibility index (Phi) is 3.56. The molecule has 0 saturated carbocycles. The van der Waals surface area contributed by atoms with Gasteiger partial charge in [-0.3, -0.25) is 4.57 Å². The highest BCUT2D eigenvalue weighted by molar-refractivity contribution is 7.72. The third kappa shape index (κ3) is 2.36. The number of H-pyrrole nitrogens is 1. The fourth-order valence-electron chi connectivity index (χ4n) is 2.66. The van der Waals surface area contributed by atoms with Crippen molar-refractivity contribution >= 4 is 24.4 Å². The van der Waals surface area contributed by atoms with Crippen LogP contribution in [0.4, 0.5) is 0 Å². The molecular weight excluding hydrogens is 300 g/mol. The summed E-state index contributed by atoms with van der Waals surface area (Å²) in [6.07, 6.45) is 0.246. The van der Waals surface area contributed by atoms with E-state index in [4.69, 9.17) is 38.6 Å². The van der Waals surface area contributed by atoms with Crippen molar-refractivity contribution in [1.82, 2.24) is 9.55 Å². The largest absolute Gasteiger partial charge is 0.394 e. The molecule has 4 atom stereocenters. The Balaban J connectivity index is 1.98. The highest BCUT2D eigenvalue weighted by Gasteiger charge is 2.55. The zero-order chi connectivity index (χ0) is 14.5.